The first-order chi connectivity index (χ1) is 9.01. The van der Waals surface area contributed by atoms with Crippen LogP contribution in [0.1, 0.15) is 50.4 Å². The van der Waals surface area contributed by atoms with Gasteiger partial charge in [-0.3, -0.25) is 4.79 Å². The Kier molecular flexibility index (Phi) is 7.36. The Balaban J connectivity index is 3.00. The summed E-state index contributed by atoms with van der Waals surface area (Å²) in [5.41, 5.74) is 0.798. The lowest BCUT2D eigenvalue weighted by atomic mass is 10.1. The summed E-state index contributed by atoms with van der Waals surface area (Å²) in [6.45, 7) is 7.25. The molecule has 19 heavy (non-hydrogen) atoms. The van der Waals surface area contributed by atoms with Crippen LogP contribution in [0.25, 0.3) is 0 Å². The number of amides is 1. The zero-order valence-electron chi connectivity index (χ0n) is 11.7. The predicted molar refractivity (Wildman–Crippen MR) is 92.6 cm³/mol. The Morgan fingerprint density at radius 2 is 2.11 bits per heavy atom. The average molecular weight is 438 g/mol. The second-order valence-corrected chi connectivity index (χ2v) is 6.81. The van der Waals surface area contributed by atoms with Crippen LogP contribution in [-0.4, -0.2) is 23.4 Å². The molecule has 0 saturated carbocycles. The first kappa shape index (κ1) is 17.0. The molecule has 0 heterocycles. The Labute approximate surface area is 138 Å². The van der Waals surface area contributed by atoms with Crippen molar-refractivity contribution in [2.75, 3.05) is 6.54 Å². The highest BCUT2D eigenvalue weighted by Gasteiger charge is 2.21. The van der Waals surface area contributed by atoms with Crippen molar-refractivity contribution >= 4 is 44.4 Å². The van der Waals surface area contributed by atoms with Gasteiger partial charge in [-0.1, -0.05) is 36.2 Å². The summed E-state index contributed by atoms with van der Waals surface area (Å²) in [5.74, 6) is 0.147. The summed E-state index contributed by atoms with van der Waals surface area (Å²) in [6, 6.07) is 6.16. The summed E-state index contributed by atoms with van der Waals surface area (Å²) >= 11 is 5.68. The molecule has 0 aromatic heterocycles. The molecule has 0 saturated heterocycles. The largest absolute Gasteiger partial charge is 0.336 e. The second-order valence-electron chi connectivity index (χ2n) is 4.73. The SMILES string of the molecule is CCCCN(C(=O)c1cc(Br)ccc1I)C(C)CC. The highest BCUT2D eigenvalue weighted by atomic mass is 127. The molecule has 0 bridgehead atoms. The minimum atomic E-state index is 0.147. The molecular formula is C15H21BrINO. The van der Waals surface area contributed by atoms with Crippen LogP contribution in [0.4, 0.5) is 0 Å². The monoisotopic (exact) mass is 437 g/mol. The van der Waals surface area contributed by atoms with Crippen molar-refractivity contribution < 1.29 is 4.79 Å². The summed E-state index contributed by atoms with van der Waals surface area (Å²) in [7, 11) is 0. The zero-order chi connectivity index (χ0) is 14.4. The van der Waals surface area contributed by atoms with Crippen LogP contribution in [0.3, 0.4) is 0 Å². The van der Waals surface area contributed by atoms with E-state index < -0.39 is 0 Å². The van der Waals surface area contributed by atoms with Gasteiger partial charge in [-0.25, -0.2) is 0 Å². The summed E-state index contributed by atoms with van der Waals surface area (Å²) in [4.78, 5) is 14.7. The number of unbranched alkanes of at least 4 members (excludes halogenated alkanes) is 1. The van der Waals surface area contributed by atoms with Crippen LogP contribution >= 0.6 is 38.5 Å². The predicted octanol–water partition coefficient (Wildman–Crippen LogP) is 5.09. The van der Waals surface area contributed by atoms with Crippen LogP contribution in [0.5, 0.6) is 0 Å². The molecule has 106 valence electrons. The summed E-state index contributed by atoms with van der Waals surface area (Å²) in [5, 5.41) is 0. The Bertz CT molecular complexity index is 436. The minimum Gasteiger partial charge on any atom is -0.336 e. The lowest BCUT2D eigenvalue weighted by Crippen LogP contribution is -2.39. The van der Waals surface area contributed by atoms with Gasteiger partial charge in [0.15, 0.2) is 0 Å². The number of hydrogen-bond acceptors (Lipinski definition) is 1. The quantitative estimate of drug-likeness (QED) is 0.567. The standard InChI is InChI=1S/C15H21BrINO/c1-4-6-9-18(11(3)5-2)15(19)13-10-12(16)7-8-14(13)17/h7-8,10-11H,4-6,9H2,1-3H3. The lowest BCUT2D eigenvalue weighted by Gasteiger charge is -2.29. The molecule has 0 aliphatic heterocycles. The molecule has 4 heteroatoms. The second kappa shape index (κ2) is 8.25. The number of rotatable bonds is 6. The smallest absolute Gasteiger partial charge is 0.255 e. The fourth-order valence-corrected chi connectivity index (χ4v) is 2.81. The molecule has 1 rings (SSSR count). The van der Waals surface area contributed by atoms with Crippen molar-refractivity contribution in [3.63, 3.8) is 0 Å². The van der Waals surface area contributed by atoms with Crippen molar-refractivity contribution in [3.05, 3.63) is 31.8 Å². The molecule has 0 spiro atoms. The maximum absolute atomic E-state index is 12.7. The van der Waals surface area contributed by atoms with Crippen LogP contribution in [0.15, 0.2) is 22.7 Å². The van der Waals surface area contributed by atoms with E-state index >= 15 is 0 Å². The van der Waals surface area contributed by atoms with Crippen molar-refractivity contribution in [2.45, 2.75) is 46.1 Å². The van der Waals surface area contributed by atoms with Gasteiger partial charge in [-0.15, -0.1) is 0 Å². The maximum Gasteiger partial charge on any atom is 0.255 e. The van der Waals surface area contributed by atoms with Gasteiger partial charge < -0.3 is 4.90 Å². The number of hydrogen-bond donors (Lipinski definition) is 0. The first-order valence-electron chi connectivity index (χ1n) is 6.77. The van der Waals surface area contributed by atoms with Crippen LogP contribution in [0.2, 0.25) is 0 Å². The topological polar surface area (TPSA) is 20.3 Å². The fourth-order valence-electron chi connectivity index (χ4n) is 1.89. The molecule has 1 aromatic rings. The molecule has 1 atom stereocenters. The van der Waals surface area contributed by atoms with Crippen LogP contribution in [0, 0.1) is 3.57 Å². The molecular weight excluding hydrogens is 417 g/mol. The van der Waals surface area contributed by atoms with E-state index in [1.54, 1.807) is 0 Å². The molecule has 2 nitrogen and oxygen atoms in total. The number of carbonyl (C=O) groups excluding carboxylic acids is 1. The van der Waals surface area contributed by atoms with Gasteiger partial charge in [0.05, 0.1) is 5.56 Å². The van der Waals surface area contributed by atoms with Gasteiger partial charge in [-0.2, -0.15) is 0 Å². The first-order valence-corrected chi connectivity index (χ1v) is 8.64. The van der Waals surface area contributed by atoms with Gasteiger partial charge in [0.2, 0.25) is 0 Å². The van der Waals surface area contributed by atoms with Crippen molar-refractivity contribution in [1.29, 1.82) is 0 Å². The molecule has 0 aliphatic rings. The highest BCUT2D eigenvalue weighted by molar-refractivity contribution is 14.1. The van der Waals surface area contributed by atoms with Gasteiger partial charge in [0, 0.05) is 20.6 Å². The fraction of sp³-hybridized carbons (Fsp3) is 0.533. The summed E-state index contributed by atoms with van der Waals surface area (Å²) in [6.07, 6.45) is 3.15. The van der Waals surface area contributed by atoms with E-state index in [1.165, 1.54) is 0 Å². The van der Waals surface area contributed by atoms with Crippen LogP contribution in [-0.2, 0) is 0 Å². The Hall–Kier alpha value is -0.100. The third-order valence-corrected chi connectivity index (χ3v) is 4.73. The van der Waals surface area contributed by atoms with E-state index in [2.05, 4.69) is 59.3 Å². The minimum absolute atomic E-state index is 0.147. The Morgan fingerprint density at radius 1 is 1.42 bits per heavy atom. The van der Waals surface area contributed by atoms with Gasteiger partial charge in [0.25, 0.3) is 5.91 Å². The number of nitrogens with zero attached hydrogens (tertiary/aromatic N) is 1. The van der Waals surface area contributed by atoms with E-state index in [0.29, 0.717) is 0 Å². The molecule has 1 unspecified atom stereocenters. The molecule has 0 aliphatic carbocycles. The normalized spacial score (nSPS) is 12.3. The number of benzene rings is 1. The maximum atomic E-state index is 12.7. The lowest BCUT2D eigenvalue weighted by molar-refractivity contribution is 0.0684. The molecule has 0 fully saturated rings. The number of halogens is 2. The van der Waals surface area contributed by atoms with E-state index in [0.717, 1.165) is 39.4 Å². The molecule has 1 amide bonds. The summed E-state index contributed by atoms with van der Waals surface area (Å²) < 4.78 is 1.96. The molecule has 1 aromatic carbocycles. The van der Waals surface area contributed by atoms with E-state index in [9.17, 15) is 4.79 Å². The zero-order valence-corrected chi connectivity index (χ0v) is 15.5. The van der Waals surface area contributed by atoms with Crippen molar-refractivity contribution in [3.8, 4) is 0 Å². The molecule has 0 radical (unpaired) electrons. The van der Waals surface area contributed by atoms with Crippen molar-refractivity contribution in [1.82, 2.24) is 4.90 Å². The third-order valence-electron chi connectivity index (χ3n) is 3.30. The average Bonchev–Trinajstić information content (AvgIpc) is 2.41. The molecule has 0 N–H and O–H groups in total. The van der Waals surface area contributed by atoms with Gasteiger partial charge in [0.1, 0.15) is 0 Å². The highest BCUT2D eigenvalue weighted by Crippen LogP contribution is 2.21. The van der Waals surface area contributed by atoms with Gasteiger partial charge in [-0.05, 0) is 60.6 Å². The van der Waals surface area contributed by atoms with Crippen LogP contribution < -0.4 is 0 Å². The van der Waals surface area contributed by atoms with Crippen molar-refractivity contribution in [2.24, 2.45) is 0 Å². The van der Waals surface area contributed by atoms with E-state index in [1.807, 2.05) is 23.1 Å². The third kappa shape index (κ3) is 4.74. The van der Waals surface area contributed by atoms with Gasteiger partial charge >= 0.3 is 0 Å². The number of carbonyl (C=O) groups is 1. The Morgan fingerprint density at radius 3 is 2.68 bits per heavy atom. The van der Waals surface area contributed by atoms with E-state index in [4.69, 9.17) is 0 Å². The van der Waals surface area contributed by atoms with E-state index in [-0.39, 0.29) is 11.9 Å².